The Morgan fingerprint density at radius 3 is 1.70 bits per heavy atom. The first-order valence-electron chi connectivity index (χ1n) is 14.3. The van der Waals surface area contributed by atoms with E-state index in [0.717, 1.165) is 11.4 Å². The third-order valence-electron chi connectivity index (χ3n) is 7.89. The van der Waals surface area contributed by atoms with E-state index in [1.807, 2.05) is 0 Å². The van der Waals surface area contributed by atoms with E-state index in [9.17, 15) is 0 Å². The fraction of sp³-hybridized carbons (Fsp3) is 0.184. The lowest BCUT2D eigenvalue weighted by Crippen LogP contribution is -2.17. The smallest absolute Gasteiger partial charge is 0.0940 e. The zero-order valence-electron chi connectivity index (χ0n) is 23.7. The number of nitrogens with one attached hydrogen (secondary N) is 1. The Balaban J connectivity index is 1.55. The van der Waals surface area contributed by atoms with Crippen molar-refractivity contribution in [2.24, 2.45) is 0 Å². The highest BCUT2D eigenvalue weighted by atomic mass is 15.0. The van der Waals surface area contributed by atoms with Crippen LogP contribution in [0.1, 0.15) is 68.0 Å². The van der Waals surface area contributed by atoms with Crippen molar-refractivity contribution < 1.29 is 0 Å². The summed E-state index contributed by atoms with van der Waals surface area (Å²) in [5.74, 6) is 0.804. The highest BCUT2D eigenvalue weighted by Crippen LogP contribution is 2.39. The van der Waals surface area contributed by atoms with E-state index in [2.05, 4.69) is 154 Å². The summed E-state index contributed by atoms with van der Waals surface area (Å²) < 4.78 is 0. The molecule has 0 fully saturated rings. The van der Waals surface area contributed by atoms with Gasteiger partial charge in [0.1, 0.15) is 0 Å². The predicted octanol–water partition coefficient (Wildman–Crippen LogP) is 10.5. The lowest BCUT2D eigenvalue weighted by Gasteiger charge is -2.27. The van der Waals surface area contributed by atoms with Gasteiger partial charge in [-0.3, -0.25) is 4.98 Å². The van der Waals surface area contributed by atoms with Crippen LogP contribution >= 0.6 is 0 Å². The lowest BCUT2D eigenvalue weighted by atomic mass is 9.91. The number of benzene rings is 5. The Kier molecular flexibility index (Phi) is 7.09. The van der Waals surface area contributed by atoms with Crippen molar-refractivity contribution >= 4 is 27.2 Å². The van der Waals surface area contributed by atoms with Crippen LogP contribution in [-0.2, 0) is 0 Å². The lowest BCUT2D eigenvalue weighted by molar-refractivity contribution is 0.814. The van der Waals surface area contributed by atoms with E-state index >= 15 is 0 Å². The summed E-state index contributed by atoms with van der Waals surface area (Å²) in [6.07, 6.45) is 0. The molecule has 0 aliphatic heterocycles. The third kappa shape index (κ3) is 4.86. The van der Waals surface area contributed by atoms with Crippen molar-refractivity contribution in [1.82, 2.24) is 4.98 Å². The quantitative estimate of drug-likeness (QED) is 0.212. The van der Waals surface area contributed by atoms with Crippen molar-refractivity contribution in [3.63, 3.8) is 0 Å². The minimum Gasteiger partial charge on any atom is -0.372 e. The number of para-hydroxylation sites is 1. The fourth-order valence-electron chi connectivity index (χ4n) is 5.88. The molecule has 0 amide bonds. The molecule has 0 saturated heterocycles. The Hall–Kier alpha value is -4.43. The molecule has 5 aromatic carbocycles. The van der Waals surface area contributed by atoms with Gasteiger partial charge < -0.3 is 5.32 Å². The molecule has 40 heavy (non-hydrogen) atoms. The van der Waals surface area contributed by atoms with E-state index in [-0.39, 0.29) is 6.04 Å². The summed E-state index contributed by atoms with van der Waals surface area (Å²) in [4.78, 5) is 5.40. The molecule has 2 nitrogen and oxygen atoms in total. The summed E-state index contributed by atoms with van der Waals surface area (Å²) in [5, 5.41) is 8.91. The minimum absolute atomic E-state index is 0.0974. The molecule has 6 rings (SSSR count). The number of nitrogens with zero attached hydrogens (tertiary/aromatic N) is 1. The van der Waals surface area contributed by atoms with Crippen molar-refractivity contribution in [3.05, 3.63) is 144 Å². The van der Waals surface area contributed by atoms with Gasteiger partial charge in [-0.1, -0.05) is 131 Å². The van der Waals surface area contributed by atoms with Crippen LogP contribution in [0, 0.1) is 0 Å². The molecule has 0 spiro atoms. The summed E-state index contributed by atoms with van der Waals surface area (Å²) in [6, 6.07) is 43.3. The van der Waals surface area contributed by atoms with Gasteiger partial charge in [0.25, 0.3) is 0 Å². The summed E-state index contributed by atoms with van der Waals surface area (Å²) in [7, 11) is 0. The Morgan fingerprint density at radius 1 is 0.550 bits per heavy atom. The zero-order valence-corrected chi connectivity index (χ0v) is 23.7. The molecule has 0 aliphatic carbocycles. The summed E-state index contributed by atoms with van der Waals surface area (Å²) in [6.45, 7) is 9.08. The van der Waals surface area contributed by atoms with Gasteiger partial charge in [-0.25, -0.2) is 0 Å². The number of hydrogen-bond donors (Lipinski definition) is 1. The average molecular weight is 521 g/mol. The van der Waals surface area contributed by atoms with Crippen LogP contribution in [0.3, 0.4) is 0 Å². The molecule has 2 heteroatoms. The first kappa shape index (κ1) is 25.8. The highest BCUT2D eigenvalue weighted by Gasteiger charge is 2.22. The molecule has 0 radical (unpaired) electrons. The minimum atomic E-state index is -0.0974. The normalized spacial score (nSPS) is 12.3. The highest BCUT2D eigenvalue weighted by molar-refractivity contribution is 6.12. The standard InChI is InChI=1S/C38H36N2/c1-25(2)30-20-12-21-31(26(3)4)38(30)40-37(27-14-6-5-7-15-27)35-23-13-22-34(39-35)36-32-18-10-8-16-28(32)24-29-17-9-11-19-33(29)36/h5-26,37,40H,1-4H3. The Bertz CT molecular complexity index is 1700. The first-order chi connectivity index (χ1) is 19.5. The van der Waals surface area contributed by atoms with Crippen molar-refractivity contribution in [2.45, 2.75) is 45.6 Å². The van der Waals surface area contributed by atoms with E-state index in [1.54, 1.807) is 0 Å². The Labute approximate surface area is 237 Å². The number of rotatable bonds is 7. The summed E-state index contributed by atoms with van der Waals surface area (Å²) in [5.41, 5.74) is 8.29. The van der Waals surface area contributed by atoms with Crippen molar-refractivity contribution in [2.75, 3.05) is 5.32 Å². The monoisotopic (exact) mass is 520 g/mol. The van der Waals surface area contributed by atoms with Crippen LogP contribution in [0.4, 0.5) is 5.69 Å². The first-order valence-corrected chi connectivity index (χ1v) is 14.3. The maximum Gasteiger partial charge on any atom is 0.0940 e. The third-order valence-corrected chi connectivity index (χ3v) is 7.89. The number of anilines is 1. The molecule has 0 saturated carbocycles. The van der Waals surface area contributed by atoms with Crippen LogP contribution in [0.15, 0.2) is 121 Å². The van der Waals surface area contributed by atoms with E-state index in [4.69, 9.17) is 4.98 Å². The topological polar surface area (TPSA) is 24.9 Å². The molecule has 6 aromatic rings. The van der Waals surface area contributed by atoms with E-state index in [0.29, 0.717) is 11.8 Å². The number of pyridine rings is 1. The van der Waals surface area contributed by atoms with Crippen LogP contribution < -0.4 is 5.32 Å². The second-order valence-corrected chi connectivity index (χ2v) is 11.3. The SMILES string of the molecule is CC(C)c1cccc(C(C)C)c1NC(c1ccccc1)c1cccc(-c2c3ccccc3cc3ccccc23)n1. The number of hydrogen-bond acceptors (Lipinski definition) is 2. The van der Waals surface area contributed by atoms with Crippen LogP contribution in [-0.4, -0.2) is 4.98 Å². The van der Waals surface area contributed by atoms with Gasteiger partial charge in [-0.15, -0.1) is 0 Å². The number of fused-ring (bicyclic) bond motifs is 2. The maximum absolute atomic E-state index is 5.40. The van der Waals surface area contributed by atoms with Gasteiger partial charge in [0.15, 0.2) is 0 Å². The van der Waals surface area contributed by atoms with E-state index in [1.165, 1.54) is 49.5 Å². The second-order valence-electron chi connectivity index (χ2n) is 11.3. The fourth-order valence-corrected chi connectivity index (χ4v) is 5.88. The largest absolute Gasteiger partial charge is 0.372 e. The number of aromatic nitrogens is 1. The average Bonchev–Trinajstić information content (AvgIpc) is 2.98. The van der Waals surface area contributed by atoms with Crippen LogP contribution in [0.25, 0.3) is 32.8 Å². The predicted molar refractivity (Wildman–Crippen MR) is 171 cm³/mol. The van der Waals surface area contributed by atoms with Gasteiger partial charge in [0.2, 0.25) is 0 Å². The molecule has 198 valence electrons. The molecule has 0 bridgehead atoms. The summed E-state index contributed by atoms with van der Waals surface area (Å²) >= 11 is 0. The van der Waals surface area contributed by atoms with Crippen LogP contribution in [0.2, 0.25) is 0 Å². The van der Waals surface area contributed by atoms with Gasteiger partial charge >= 0.3 is 0 Å². The van der Waals surface area contributed by atoms with Crippen molar-refractivity contribution in [1.29, 1.82) is 0 Å². The van der Waals surface area contributed by atoms with Gasteiger partial charge in [-0.2, -0.15) is 0 Å². The van der Waals surface area contributed by atoms with Gasteiger partial charge in [-0.05, 0) is 68.3 Å². The van der Waals surface area contributed by atoms with Crippen LogP contribution in [0.5, 0.6) is 0 Å². The Morgan fingerprint density at radius 2 is 1.10 bits per heavy atom. The molecule has 1 atom stereocenters. The van der Waals surface area contributed by atoms with E-state index < -0.39 is 0 Å². The zero-order chi connectivity index (χ0) is 27.6. The molecule has 1 aromatic heterocycles. The molecular formula is C38H36N2. The molecule has 1 unspecified atom stereocenters. The molecule has 0 aliphatic rings. The molecule has 1 heterocycles. The van der Waals surface area contributed by atoms with Gasteiger partial charge in [0.05, 0.1) is 17.4 Å². The van der Waals surface area contributed by atoms with Gasteiger partial charge in [0, 0.05) is 11.3 Å². The van der Waals surface area contributed by atoms with Crippen molar-refractivity contribution in [3.8, 4) is 11.3 Å². The molecule has 1 N–H and O–H groups in total. The maximum atomic E-state index is 5.40. The molecular weight excluding hydrogens is 484 g/mol. The second kappa shape index (κ2) is 11.0.